The van der Waals surface area contributed by atoms with Crippen molar-refractivity contribution in [3.8, 4) is 0 Å². The highest BCUT2D eigenvalue weighted by Crippen LogP contribution is 2.45. The smallest absolute Gasteiger partial charge is 0.421 e. The van der Waals surface area contributed by atoms with Gasteiger partial charge in [0.15, 0.2) is 5.60 Å². The van der Waals surface area contributed by atoms with Crippen molar-refractivity contribution < 1.29 is 32.6 Å². The van der Waals surface area contributed by atoms with Crippen LogP contribution in [0, 0.1) is 0 Å². The number of rotatable bonds is 8. The third-order valence-corrected chi connectivity index (χ3v) is 7.94. The minimum Gasteiger partial charge on any atom is -0.450 e. The number of aliphatic hydroxyl groups is 1. The molecule has 2 amide bonds. The summed E-state index contributed by atoms with van der Waals surface area (Å²) >= 11 is 0. The molecule has 2 aliphatic carbocycles. The lowest BCUT2D eigenvalue weighted by molar-refractivity contribution is -0.258. The number of alkyl halides is 3. The van der Waals surface area contributed by atoms with Gasteiger partial charge in [0.05, 0.1) is 6.61 Å². The van der Waals surface area contributed by atoms with Crippen molar-refractivity contribution >= 4 is 12.0 Å². The van der Waals surface area contributed by atoms with Crippen LogP contribution in [0.3, 0.4) is 0 Å². The largest absolute Gasteiger partial charge is 0.450 e. The summed E-state index contributed by atoms with van der Waals surface area (Å²) < 4.78 is 44.7. The first kappa shape index (κ1) is 27.0. The number of hydrogen-bond donors (Lipinski definition) is 2. The van der Waals surface area contributed by atoms with Gasteiger partial charge in [-0.15, -0.1) is 0 Å². The summed E-state index contributed by atoms with van der Waals surface area (Å²) in [5.74, 6) is -0.199. The highest BCUT2D eigenvalue weighted by atomic mass is 19.4. The summed E-state index contributed by atoms with van der Waals surface area (Å²) in [6, 6.07) is 15.3. The summed E-state index contributed by atoms with van der Waals surface area (Å²) in [6.07, 6.45) is -0.0762. The molecular weight excluding hydrogens is 485 g/mol. The minimum absolute atomic E-state index is 0.00635. The van der Waals surface area contributed by atoms with Crippen LogP contribution in [0.4, 0.5) is 18.0 Å². The van der Waals surface area contributed by atoms with Gasteiger partial charge in [-0.1, -0.05) is 42.5 Å². The Morgan fingerprint density at radius 3 is 2.08 bits per heavy atom. The Morgan fingerprint density at radius 2 is 1.57 bits per heavy atom. The van der Waals surface area contributed by atoms with Gasteiger partial charge in [-0.05, 0) is 80.5 Å². The van der Waals surface area contributed by atoms with Gasteiger partial charge in [0, 0.05) is 17.6 Å². The lowest BCUT2D eigenvalue weighted by Gasteiger charge is -2.44. The lowest BCUT2D eigenvalue weighted by Crippen LogP contribution is -2.47. The second-order valence-electron chi connectivity index (χ2n) is 10.4. The summed E-state index contributed by atoms with van der Waals surface area (Å²) in [5.41, 5.74) is 3.14. The molecule has 0 unspecified atom stereocenters. The number of carbonyl (C=O) groups is 2. The molecule has 0 bridgehead atoms. The molecule has 2 fully saturated rings. The fourth-order valence-corrected chi connectivity index (χ4v) is 5.49. The van der Waals surface area contributed by atoms with E-state index in [9.17, 15) is 27.9 Å². The molecule has 0 radical (unpaired) electrons. The first-order valence-corrected chi connectivity index (χ1v) is 12.6. The molecule has 37 heavy (non-hydrogen) atoms. The zero-order chi connectivity index (χ0) is 26.8. The first-order chi connectivity index (χ1) is 17.4. The number of hydrogen-bond acceptors (Lipinski definition) is 4. The number of ether oxygens (including phenoxy) is 1. The Bertz CT molecular complexity index is 1090. The minimum atomic E-state index is -4.82. The van der Waals surface area contributed by atoms with Crippen LogP contribution < -0.4 is 5.73 Å². The molecule has 2 aliphatic rings. The van der Waals surface area contributed by atoms with E-state index in [0.29, 0.717) is 18.9 Å². The van der Waals surface area contributed by atoms with Gasteiger partial charge >= 0.3 is 12.3 Å². The summed E-state index contributed by atoms with van der Waals surface area (Å²) in [4.78, 5) is 26.6. The van der Waals surface area contributed by atoms with Gasteiger partial charge in [-0.25, -0.2) is 4.79 Å². The van der Waals surface area contributed by atoms with E-state index in [1.807, 2.05) is 23.1 Å². The molecule has 200 valence electrons. The van der Waals surface area contributed by atoms with Gasteiger partial charge in [0.1, 0.15) is 0 Å². The van der Waals surface area contributed by atoms with Crippen molar-refractivity contribution in [2.45, 2.75) is 81.1 Å². The normalized spacial score (nSPS) is 23.6. The number of benzene rings is 2. The standard InChI is InChI=1S/C28H33F3N2O4/c1-26(36,28(29,30)31)20-9-7-19(8-10-20)24(34)33(22-11-12-22)23-13-15-27(16-14-23,17-18-37-25(32)35)21-5-3-2-4-6-21/h2-10,22-23,36H,11-18H2,1H3,(H2,32,35)/t23?,26-,27?/m0/s1. The van der Waals surface area contributed by atoms with Crippen LogP contribution in [0.5, 0.6) is 0 Å². The Kier molecular flexibility index (Phi) is 7.55. The second-order valence-corrected chi connectivity index (χ2v) is 10.4. The predicted octanol–water partition coefficient (Wildman–Crippen LogP) is 5.43. The lowest BCUT2D eigenvalue weighted by atomic mass is 9.66. The van der Waals surface area contributed by atoms with Crippen LogP contribution >= 0.6 is 0 Å². The number of halogens is 3. The van der Waals surface area contributed by atoms with Crippen LogP contribution in [-0.2, 0) is 15.8 Å². The van der Waals surface area contributed by atoms with E-state index in [2.05, 4.69) is 12.1 Å². The Labute approximate surface area is 214 Å². The Morgan fingerprint density at radius 1 is 1.00 bits per heavy atom. The molecular formula is C28H33F3N2O4. The zero-order valence-electron chi connectivity index (χ0n) is 20.8. The third kappa shape index (κ3) is 5.76. The van der Waals surface area contributed by atoms with Crippen molar-refractivity contribution in [1.82, 2.24) is 4.90 Å². The molecule has 2 aromatic rings. The van der Waals surface area contributed by atoms with Crippen molar-refractivity contribution in [3.05, 3.63) is 71.3 Å². The van der Waals surface area contributed by atoms with Crippen LogP contribution in [0.1, 0.15) is 73.4 Å². The van der Waals surface area contributed by atoms with E-state index >= 15 is 0 Å². The van der Waals surface area contributed by atoms with Gasteiger partial charge in [-0.2, -0.15) is 13.2 Å². The molecule has 1 atom stereocenters. The van der Waals surface area contributed by atoms with Gasteiger partial charge in [0.2, 0.25) is 0 Å². The van der Waals surface area contributed by atoms with E-state index in [1.165, 1.54) is 24.3 Å². The highest BCUT2D eigenvalue weighted by molar-refractivity contribution is 5.95. The Balaban J connectivity index is 1.50. The summed E-state index contributed by atoms with van der Waals surface area (Å²) in [6.45, 7) is 0.921. The van der Waals surface area contributed by atoms with Crippen molar-refractivity contribution in [3.63, 3.8) is 0 Å². The number of carbonyl (C=O) groups excluding carboxylic acids is 2. The average molecular weight is 519 g/mol. The van der Waals surface area contributed by atoms with E-state index in [-0.39, 0.29) is 35.6 Å². The van der Waals surface area contributed by atoms with Crippen LogP contribution in [0.2, 0.25) is 0 Å². The van der Waals surface area contributed by atoms with Crippen LogP contribution in [-0.4, -0.2) is 46.9 Å². The van der Waals surface area contributed by atoms with Crippen LogP contribution in [0.25, 0.3) is 0 Å². The van der Waals surface area contributed by atoms with Gasteiger partial charge in [0.25, 0.3) is 5.91 Å². The molecule has 0 heterocycles. The molecule has 9 heteroatoms. The Hall–Kier alpha value is -3.07. The molecule has 3 N–H and O–H groups in total. The molecule has 0 aliphatic heterocycles. The number of nitrogens with two attached hydrogens (primary N) is 1. The maximum Gasteiger partial charge on any atom is 0.421 e. The first-order valence-electron chi connectivity index (χ1n) is 12.6. The molecule has 4 rings (SSSR count). The maximum absolute atomic E-state index is 13.5. The molecule has 6 nitrogen and oxygen atoms in total. The van der Waals surface area contributed by atoms with E-state index in [1.54, 1.807) is 0 Å². The van der Waals surface area contributed by atoms with Crippen LogP contribution in [0.15, 0.2) is 54.6 Å². The molecule has 2 saturated carbocycles. The fraction of sp³-hybridized carbons (Fsp3) is 0.500. The summed E-state index contributed by atoms with van der Waals surface area (Å²) in [7, 11) is 0. The molecule has 2 aromatic carbocycles. The second kappa shape index (κ2) is 10.4. The quantitative estimate of drug-likeness (QED) is 0.488. The monoisotopic (exact) mass is 518 g/mol. The molecule has 0 spiro atoms. The van der Waals surface area contributed by atoms with Gasteiger partial charge in [-0.3, -0.25) is 4.79 Å². The van der Waals surface area contributed by atoms with Gasteiger partial charge < -0.3 is 20.5 Å². The number of primary amides is 1. The van der Waals surface area contributed by atoms with Crippen molar-refractivity contribution in [2.24, 2.45) is 5.73 Å². The SMILES string of the molecule is C[C@](O)(c1ccc(C(=O)N(C2CC2)C2CCC(CCOC(N)=O)(c3ccccc3)CC2)cc1)C(F)(F)F. The highest BCUT2D eigenvalue weighted by Gasteiger charge is 2.51. The predicted molar refractivity (Wildman–Crippen MR) is 132 cm³/mol. The average Bonchev–Trinajstić information content (AvgIpc) is 3.70. The molecule has 0 aromatic heterocycles. The third-order valence-electron chi connectivity index (χ3n) is 7.94. The number of nitrogens with zero attached hydrogens (tertiary/aromatic N) is 1. The summed E-state index contributed by atoms with van der Waals surface area (Å²) in [5, 5.41) is 9.94. The van der Waals surface area contributed by atoms with E-state index < -0.39 is 17.9 Å². The van der Waals surface area contributed by atoms with E-state index in [0.717, 1.165) is 44.1 Å². The van der Waals surface area contributed by atoms with E-state index in [4.69, 9.17) is 10.5 Å². The fourth-order valence-electron chi connectivity index (χ4n) is 5.49. The maximum atomic E-state index is 13.5. The van der Waals surface area contributed by atoms with Crippen molar-refractivity contribution in [2.75, 3.05) is 6.61 Å². The zero-order valence-corrected chi connectivity index (χ0v) is 20.8. The van der Waals surface area contributed by atoms with Crippen molar-refractivity contribution in [1.29, 1.82) is 0 Å². The topological polar surface area (TPSA) is 92.9 Å². The number of amides is 2. The molecule has 0 saturated heterocycles.